The zero-order valence-electron chi connectivity index (χ0n) is 12.7. The van der Waals surface area contributed by atoms with Crippen LogP contribution in [-0.4, -0.2) is 28.4 Å². The molecule has 0 aliphatic rings. The topological polar surface area (TPSA) is 55.6 Å². The first-order chi connectivity index (χ1) is 11.6. The van der Waals surface area contributed by atoms with Crippen molar-refractivity contribution in [2.75, 3.05) is 13.2 Å². The van der Waals surface area contributed by atoms with Crippen molar-refractivity contribution in [1.29, 1.82) is 0 Å². The second-order valence-corrected chi connectivity index (χ2v) is 5.57. The monoisotopic (exact) mass is 347 g/mol. The molecule has 1 N–H and O–H groups in total. The van der Waals surface area contributed by atoms with Gasteiger partial charge in [-0.05, 0) is 24.3 Å². The summed E-state index contributed by atoms with van der Waals surface area (Å²) in [6.07, 6.45) is 4.47. The number of fused-ring (bicyclic) bond motifs is 1. The largest absolute Gasteiger partial charge is 0.484 e. The number of nitrogens with one attached hydrogen (secondary N) is 1. The summed E-state index contributed by atoms with van der Waals surface area (Å²) in [5, 5.41) is 2.71. The molecule has 0 aliphatic heterocycles. The number of halogens is 2. The van der Waals surface area contributed by atoms with Gasteiger partial charge < -0.3 is 14.5 Å². The SMILES string of the molecule is O=C(COc1ccc(F)c(Cl)c1)NCCc1cn2ccccc2n1. The number of hydrogen-bond acceptors (Lipinski definition) is 3. The molecule has 0 saturated heterocycles. The lowest BCUT2D eigenvalue weighted by Crippen LogP contribution is -2.30. The Balaban J connectivity index is 1.44. The van der Waals surface area contributed by atoms with E-state index in [1.807, 2.05) is 35.0 Å². The molecule has 2 heterocycles. The van der Waals surface area contributed by atoms with Crippen LogP contribution in [0.25, 0.3) is 5.65 Å². The van der Waals surface area contributed by atoms with E-state index in [-0.39, 0.29) is 17.5 Å². The summed E-state index contributed by atoms with van der Waals surface area (Å²) in [6.45, 7) is 0.295. The maximum atomic E-state index is 13.0. The van der Waals surface area contributed by atoms with E-state index in [4.69, 9.17) is 16.3 Å². The molecule has 0 fully saturated rings. The van der Waals surface area contributed by atoms with Crippen molar-refractivity contribution in [1.82, 2.24) is 14.7 Å². The van der Waals surface area contributed by atoms with Crippen LogP contribution in [0.3, 0.4) is 0 Å². The summed E-state index contributed by atoms with van der Waals surface area (Å²) >= 11 is 5.65. The molecule has 5 nitrogen and oxygen atoms in total. The van der Waals surface area contributed by atoms with Crippen LogP contribution >= 0.6 is 11.6 Å². The van der Waals surface area contributed by atoms with E-state index < -0.39 is 5.82 Å². The minimum absolute atomic E-state index is 0.0419. The summed E-state index contributed by atoms with van der Waals surface area (Å²) < 4.78 is 20.2. The average molecular weight is 348 g/mol. The van der Waals surface area contributed by atoms with Crippen molar-refractivity contribution in [3.05, 3.63) is 65.3 Å². The molecule has 1 aromatic carbocycles. The summed E-state index contributed by atoms with van der Waals surface area (Å²) in [4.78, 5) is 16.2. The molecule has 3 rings (SSSR count). The minimum Gasteiger partial charge on any atom is -0.484 e. The smallest absolute Gasteiger partial charge is 0.257 e. The molecule has 3 aromatic rings. The fourth-order valence-corrected chi connectivity index (χ4v) is 2.37. The lowest BCUT2D eigenvalue weighted by Gasteiger charge is -2.07. The first-order valence-electron chi connectivity index (χ1n) is 7.39. The fraction of sp³-hybridized carbons (Fsp3) is 0.176. The molecule has 0 bridgehead atoms. The van der Waals surface area contributed by atoms with Crippen LogP contribution in [0.15, 0.2) is 48.8 Å². The molecule has 2 aromatic heterocycles. The highest BCUT2D eigenvalue weighted by Gasteiger charge is 2.06. The van der Waals surface area contributed by atoms with Gasteiger partial charge in [-0.3, -0.25) is 4.79 Å². The van der Waals surface area contributed by atoms with E-state index in [1.54, 1.807) is 0 Å². The molecule has 0 aliphatic carbocycles. The van der Waals surface area contributed by atoms with Gasteiger partial charge in [0.15, 0.2) is 6.61 Å². The average Bonchev–Trinajstić information content (AvgIpc) is 2.98. The lowest BCUT2D eigenvalue weighted by molar-refractivity contribution is -0.123. The summed E-state index contributed by atoms with van der Waals surface area (Å²) in [5.41, 5.74) is 1.77. The normalized spacial score (nSPS) is 10.8. The summed E-state index contributed by atoms with van der Waals surface area (Å²) in [7, 11) is 0. The molecular formula is C17H15ClFN3O2. The van der Waals surface area contributed by atoms with Gasteiger partial charge in [0.2, 0.25) is 0 Å². The Hall–Kier alpha value is -2.60. The highest BCUT2D eigenvalue weighted by molar-refractivity contribution is 6.30. The fourth-order valence-electron chi connectivity index (χ4n) is 2.20. The Kier molecular flexibility index (Phi) is 4.96. The Bertz CT molecular complexity index is 833. The van der Waals surface area contributed by atoms with Gasteiger partial charge in [-0.1, -0.05) is 17.7 Å². The van der Waals surface area contributed by atoms with E-state index in [2.05, 4.69) is 10.3 Å². The number of pyridine rings is 1. The molecule has 1 amide bonds. The van der Waals surface area contributed by atoms with Gasteiger partial charge in [0.05, 0.1) is 10.7 Å². The Morgan fingerprint density at radius 3 is 3.00 bits per heavy atom. The van der Waals surface area contributed by atoms with E-state index >= 15 is 0 Å². The zero-order valence-corrected chi connectivity index (χ0v) is 13.5. The molecule has 0 spiro atoms. The lowest BCUT2D eigenvalue weighted by atomic mass is 10.3. The molecule has 24 heavy (non-hydrogen) atoms. The van der Waals surface area contributed by atoms with Gasteiger partial charge in [0.25, 0.3) is 5.91 Å². The van der Waals surface area contributed by atoms with Crippen molar-refractivity contribution in [2.24, 2.45) is 0 Å². The number of ether oxygens (including phenoxy) is 1. The molecular weight excluding hydrogens is 333 g/mol. The van der Waals surface area contributed by atoms with E-state index in [0.717, 1.165) is 11.3 Å². The molecule has 7 heteroatoms. The molecule has 0 unspecified atom stereocenters. The maximum Gasteiger partial charge on any atom is 0.257 e. The van der Waals surface area contributed by atoms with Crippen LogP contribution in [0.2, 0.25) is 5.02 Å². The number of carbonyl (C=O) groups excluding carboxylic acids is 1. The number of imidazole rings is 1. The standard InChI is InChI=1S/C17H15ClFN3O2/c18-14-9-13(4-5-15(14)19)24-11-17(23)20-7-6-12-10-22-8-2-1-3-16(22)21-12/h1-5,8-10H,6-7,11H2,(H,20,23). The zero-order chi connectivity index (χ0) is 16.9. The first kappa shape index (κ1) is 16.3. The highest BCUT2D eigenvalue weighted by atomic mass is 35.5. The predicted molar refractivity (Wildman–Crippen MR) is 88.8 cm³/mol. The quantitative estimate of drug-likeness (QED) is 0.746. The van der Waals surface area contributed by atoms with Gasteiger partial charge in [-0.25, -0.2) is 9.37 Å². The van der Waals surface area contributed by atoms with Crippen molar-refractivity contribution >= 4 is 23.2 Å². The molecule has 0 atom stereocenters. The van der Waals surface area contributed by atoms with Crippen LogP contribution in [0.1, 0.15) is 5.69 Å². The van der Waals surface area contributed by atoms with E-state index in [1.165, 1.54) is 18.2 Å². The van der Waals surface area contributed by atoms with Crippen LogP contribution in [-0.2, 0) is 11.2 Å². The number of carbonyl (C=O) groups is 1. The van der Waals surface area contributed by atoms with Crippen molar-refractivity contribution < 1.29 is 13.9 Å². The van der Waals surface area contributed by atoms with Gasteiger partial charge in [-0.2, -0.15) is 0 Å². The predicted octanol–water partition coefficient (Wildman–Crippen LogP) is 2.86. The number of rotatable bonds is 6. The van der Waals surface area contributed by atoms with Crippen LogP contribution in [0.5, 0.6) is 5.75 Å². The maximum absolute atomic E-state index is 13.0. The van der Waals surface area contributed by atoms with Gasteiger partial charge in [0.1, 0.15) is 17.2 Å². The highest BCUT2D eigenvalue weighted by Crippen LogP contribution is 2.20. The summed E-state index contributed by atoms with van der Waals surface area (Å²) in [5.74, 6) is -0.447. The van der Waals surface area contributed by atoms with Crippen molar-refractivity contribution in [2.45, 2.75) is 6.42 Å². The third kappa shape index (κ3) is 4.02. The Labute approximate surface area is 143 Å². The van der Waals surface area contributed by atoms with Crippen LogP contribution in [0, 0.1) is 5.82 Å². The van der Waals surface area contributed by atoms with Gasteiger partial charge in [0, 0.05) is 31.4 Å². The van der Waals surface area contributed by atoms with Crippen LogP contribution in [0.4, 0.5) is 4.39 Å². The number of amides is 1. The van der Waals surface area contributed by atoms with Gasteiger partial charge in [-0.15, -0.1) is 0 Å². The van der Waals surface area contributed by atoms with Gasteiger partial charge >= 0.3 is 0 Å². The second kappa shape index (κ2) is 7.31. The molecule has 0 saturated carbocycles. The number of aromatic nitrogens is 2. The van der Waals surface area contributed by atoms with Crippen LogP contribution < -0.4 is 10.1 Å². The summed E-state index contributed by atoms with van der Waals surface area (Å²) in [6, 6.07) is 9.72. The van der Waals surface area contributed by atoms with Crippen molar-refractivity contribution in [3.8, 4) is 5.75 Å². The van der Waals surface area contributed by atoms with E-state index in [9.17, 15) is 9.18 Å². The minimum atomic E-state index is -0.527. The molecule has 0 radical (unpaired) electrons. The second-order valence-electron chi connectivity index (χ2n) is 5.16. The molecule has 124 valence electrons. The number of hydrogen-bond donors (Lipinski definition) is 1. The third-order valence-electron chi connectivity index (χ3n) is 3.38. The first-order valence-corrected chi connectivity index (χ1v) is 7.77. The number of nitrogens with zero attached hydrogens (tertiary/aromatic N) is 2. The Morgan fingerprint density at radius 2 is 2.21 bits per heavy atom. The third-order valence-corrected chi connectivity index (χ3v) is 3.67. The van der Waals surface area contributed by atoms with E-state index in [0.29, 0.717) is 18.7 Å². The Morgan fingerprint density at radius 1 is 1.33 bits per heavy atom. The number of benzene rings is 1. The van der Waals surface area contributed by atoms with Crippen molar-refractivity contribution in [3.63, 3.8) is 0 Å².